The molecule has 164 valence electrons. The number of ether oxygens (including phenoxy) is 2. The summed E-state index contributed by atoms with van der Waals surface area (Å²) in [5, 5.41) is 5.46. The van der Waals surface area contributed by atoms with E-state index in [9.17, 15) is 8.42 Å². The normalized spacial score (nSPS) is 17.0. The first-order valence-corrected chi connectivity index (χ1v) is 12.4. The predicted molar refractivity (Wildman–Crippen MR) is 124 cm³/mol. The Morgan fingerprint density at radius 1 is 1.13 bits per heavy atom. The van der Waals surface area contributed by atoms with E-state index in [1.165, 1.54) is 4.31 Å². The van der Waals surface area contributed by atoms with Crippen LogP contribution in [-0.4, -0.2) is 35.7 Å². The minimum atomic E-state index is -3.74. The van der Waals surface area contributed by atoms with Gasteiger partial charge in [0.2, 0.25) is 0 Å². The number of fused-ring (bicyclic) bond motifs is 2. The molecule has 31 heavy (non-hydrogen) atoms. The summed E-state index contributed by atoms with van der Waals surface area (Å²) in [6, 6.07) is 14.6. The number of benzene rings is 2. The van der Waals surface area contributed by atoms with E-state index in [1.54, 1.807) is 31.6 Å². The fraction of sp³-hybridized carbons (Fsp3) is 0.304. The van der Waals surface area contributed by atoms with Gasteiger partial charge >= 0.3 is 0 Å². The van der Waals surface area contributed by atoms with Crippen molar-refractivity contribution >= 4 is 27.0 Å². The molecule has 2 aromatic carbocycles. The van der Waals surface area contributed by atoms with Crippen LogP contribution in [0.1, 0.15) is 28.5 Å². The molecule has 1 atom stereocenters. The first kappa shape index (κ1) is 21.8. The molecule has 2 heterocycles. The molecule has 1 aliphatic rings. The van der Waals surface area contributed by atoms with Crippen LogP contribution < -0.4 is 14.4 Å². The van der Waals surface area contributed by atoms with Crippen LogP contribution >= 0.6 is 11.3 Å². The van der Waals surface area contributed by atoms with E-state index in [1.807, 2.05) is 54.8 Å². The molecule has 0 saturated heterocycles. The largest absolute Gasteiger partial charge is 0.457 e. The number of anilines is 1. The standard InChI is InChI=1S/C23H26N2O4S2/c1-16-6-4-7-17(14-16)29-18-8-9-19-21(15-18)31(26,27)25(2)20-10-13-30-23(20)22(19)24-11-5-12-28-3/h4,6-10,13-15,22,24H,5,11-12H2,1-3H3. The van der Waals surface area contributed by atoms with Crippen molar-refractivity contribution in [3.8, 4) is 11.5 Å². The van der Waals surface area contributed by atoms with Gasteiger partial charge in [-0.05, 0) is 60.7 Å². The second-order valence-electron chi connectivity index (χ2n) is 7.49. The van der Waals surface area contributed by atoms with Gasteiger partial charge in [0.1, 0.15) is 11.5 Å². The highest BCUT2D eigenvalue weighted by molar-refractivity contribution is 7.92. The lowest BCUT2D eigenvalue weighted by atomic mass is 10.0. The third-order valence-corrected chi connectivity index (χ3v) is 8.11. The maximum Gasteiger partial charge on any atom is 0.264 e. The maximum atomic E-state index is 13.5. The van der Waals surface area contributed by atoms with Crippen molar-refractivity contribution in [3.05, 3.63) is 69.9 Å². The van der Waals surface area contributed by atoms with Crippen LogP contribution in [-0.2, 0) is 14.8 Å². The molecule has 1 aromatic heterocycles. The number of aryl methyl sites for hydroxylation is 1. The second-order valence-corrected chi connectivity index (χ2v) is 10.4. The van der Waals surface area contributed by atoms with E-state index >= 15 is 0 Å². The highest BCUT2D eigenvalue weighted by atomic mass is 32.2. The Morgan fingerprint density at radius 3 is 2.71 bits per heavy atom. The minimum Gasteiger partial charge on any atom is -0.457 e. The molecule has 3 aromatic rings. The van der Waals surface area contributed by atoms with Crippen molar-refractivity contribution in [3.63, 3.8) is 0 Å². The van der Waals surface area contributed by atoms with Crippen LogP contribution in [0.25, 0.3) is 0 Å². The summed E-state index contributed by atoms with van der Waals surface area (Å²) in [7, 11) is -0.457. The number of methoxy groups -OCH3 is 1. The Balaban J connectivity index is 1.76. The molecule has 0 saturated carbocycles. The number of rotatable bonds is 7. The fourth-order valence-electron chi connectivity index (χ4n) is 3.73. The van der Waals surface area contributed by atoms with Gasteiger partial charge in [-0.3, -0.25) is 4.31 Å². The monoisotopic (exact) mass is 458 g/mol. The molecular formula is C23H26N2O4S2. The molecule has 6 nitrogen and oxygen atoms in total. The van der Waals surface area contributed by atoms with Crippen molar-refractivity contribution in [1.29, 1.82) is 0 Å². The first-order chi connectivity index (χ1) is 14.9. The molecular weight excluding hydrogens is 432 g/mol. The molecule has 1 unspecified atom stereocenters. The van der Waals surface area contributed by atoms with E-state index in [-0.39, 0.29) is 10.9 Å². The summed E-state index contributed by atoms with van der Waals surface area (Å²) < 4.78 is 39.5. The summed E-state index contributed by atoms with van der Waals surface area (Å²) in [4.78, 5) is 1.24. The van der Waals surface area contributed by atoms with Crippen LogP contribution in [0.2, 0.25) is 0 Å². The summed E-state index contributed by atoms with van der Waals surface area (Å²) in [6.07, 6.45) is 0.834. The second kappa shape index (κ2) is 9.00. The van der Waals surface area contributed by atoms with Crippen molar-refractivity contribution < 1.29 is 17.9 Å². The zero-order valence-electron chi connectivity index (χ0n) is 17.8. The van der Waals surface area contributed by atoms with Gasteiger partial charge in [0, 0.05) is 26.8 Å². The third kappa shape index (κ3) is 4.34. The SMILES string of the molecule is COCCCNC1c2ccc(Oc3cccc(C)c3)cc2S(=O)(=O)N(C)c2ccsc21. The number of nitrogens with one attached hydrogen (secondary N) is 1. The molecule has 0 fully saturated rings. The summed E-state index contributed by atoms with van der Waals surface area (Å²) in [6.45, 7) is 3.34. The van der Waals surface area contributed by atoms with Crippen molar-refractivity contribution in [2.75, 3.05) is 31.6 Å². The first-order valence-electron chi connectivity index (χ1n) is 10.1. The van der Waals surface area contributed by atoms with Gasteiger partial charge in [0.15, 0.2) is 0 Å². The quantitative estimate of drug-likeness (QED) is 0.520. The molecule has 0 spiro atoms. The van der Waals surface area contributed by atoms with Gasteiger partial charge in [0.25, 0.3) is 10.0 Å². The number of sulfonamides is 1. The van der Waals surface area contributed by atoms with Gasteiger partial charge in [-0.15, -0.1) is 11.3 Å². The zero-order valence-corrected chi connectivity index (χ0v) is 19.4. The van der Waals surface area contributed by atoms with Gasteiger partial charge in [-0.25, -0.2) is 8.42 Å². The lowest BCUT2D eigenvalue weighted by Gasteiger charge is -2.19. The Bertz CT molecular complexity index is 1170. The highest BCUT2D eigenvalue weighted by Crippen LogP contribution is 2.44. The van der Waals surface area contributed by atoms with Crippen LogP contribution in [0.15, 0.2) is 58.8 Å². The lowest BCUT2D eigenvalue weighted by molar-refractivity contribution is 0.193. The van der Waals surface area contributed by atoms with Crippen molar-refractivity contribution in [2.45, 2.75) is 24.3 Å². The summed E-state index contributed by atoms with van der Waals surface area (Å²) >= 11 is 1.56. The number of thiophene rings is 1. The van der Waals surface area contributed by atoms with Crippen LogP contribution in [0.4, 0.5) is 5.69 Å². The zero-order chi connectivity index (χ0) is 22.0. The highest BCUT2D eigenvalue weighted by Gasteiger charge is 2.36. The number of nitrogens with zero attached hydrogens (tertiary/aromatic N) is 1. The smallest absolute Gasteiger partial charge is 0.264 e. The molecule has 0 radical (unpaired) electrons. The van der Waals surface area contributed by atoms with Gasteiger partial charge in [-0.1, -0.05) is 18.2 Å². The van der Waals surface area contributed by atoms with Gasteiger partial charge < -0.3 is 14.8 Å². The topological polar surface area (TPSA) is 67.9 Å². The number of hydrogen-bond donors (Lipinski definition) is 1. The molecule has 1 aliphatic heterocycles. The molecule has 8 heteroatoms. The summed E-state index contributed by atoms with van der Waals surface area (Å²) in [5.41, 5.74) is 2.50. The van der Waals surface area contributed by atoms with Crippen LogP contribution in [0.5, 0.6) is 11.5 Å². The van der Waals surface area contributed by atoms with E-state index in [2.05, 4.69) is 5.32 Å². The molecule has 4 rings (SSSR count). The summed E-state index contributed by atoms with van der Waals surface area (Å²) in [5.74, 6) is 1.16. The van der Waals surface area contributed by atoms with E-state index in [4.69, 9.17) is 9.47 Å². The van der Waals surface area contributed by atoms with E-state index in [0.29, 0.717) is 30.3 Å². The molecule has 0 aliphatic carbocycles. The third-order valence-electron chi connectivity index (χ3n) is 5.31. The lowest BCUT2D eigenvalue weighted by Crippen LogP contribution is -2.26. The Hall–Kier alpha value is -2.39. The number of hydrogen-bond acceptors (Lipinski definition) is 6. The van der Waals surface area contributed by atoms with Crippen LogP contribution in [0.3, 0.4) is 0 Å². The average Bonchev–Trinajstić information content (AvgIpc) is 3.21. The predicted octanol–water partition coefficient (Wildman–Crippen LogP) is 4.70. The maximum absolute atomic E-state index is 13.5. The Morgan fingerprint density at radius 2 is 1.94 bits per heavy atom. The van der Waals surface area contributed by atoms with Crippen molar-refractivity contribution in [1.82, 2.24) is 5.32 Å². The van der Waals surface area contributed by atoms with Gasteiger partial charge in [-0.2, -0.15) is 0 Å². The molecule has 0 bridgehead atoms. The van der Waals surface area contributed by atoms with E-state index < -0.39 is 10.0 Å². The van der Waals surface area contributed by atoms with E-state index in [0.717, 1.165) is 22.4 Å². The van der Waals surface area contributed by atoms with Crippen LogP contribution in [0, 0.1) is 6.92 Å². The minimum absolute atomic E-state index is 0.227. The van der Waals surface area contributed by atoms with Crippen molar-refractivity contribution in [2.24, 2.45) is 0 Å². The Kier molecular flexibility index (Phi) is 6.34. The Labute approximate surface area is 187 Å². The average molecular weight is 459 g/mol. The van der Waals surface area contributed by atoms with Gasteiger partial charge in [0.05, 0.1) is 21.5 Å². The fourth-order valence-corrected chi connectivity index (χ4v) is 6.26. The molecule has 0 amide bonds. The molecule has 1 N–H and O–H groups in total.